The summed E-state index contributed by atoms with van der Waals surface area (Å²) in [4.78, 5) is 0. The molecule has 3 nitrogen and oxygen atoms in total. The highest BCUT2D eigenvalue weighted by molar-refractivity contribution is 6.33. The van der Waals surface area contributed by atoms with Crippen LogP contribution in [0.3, 0.4) is 0 Å². The predicted octanol–water partition coefficient (Wildman–Crippen LogP) is 6.95. The van der Waals surface area contributed by atoms with E-state index in [2.05, 4.69) is 6.07 Å². The van der Waals surface area contributed by atoms with Crippen molar-refractivity contribution in [2.45, 2.75) is 13.5 Å². The number of nitrogens with zero attached hydrogens (tertiary/aromatic N) is 1. The van der Waals surface area contributed by atoms with Crippen LogP contribution in [0.25, 0.3) is 11.6 Å². The van der Waals surface area contributed by atoms with Gasteiger partial charge in [0.2, 0.25) is 0 Å². The van der Waals surface area contributed by atoms with Gasteiger partial charge >= 0.3 is 0 Å². The molecule has 0 atom stereocenters. The molecule has 0 aromatic heterocycles. The summed E-state index contributed by atoms with van der Waals surface area (Å²) < 4.78 is 11.4. The Hall–Kier alpha value is -2.93. The van der Waals surface area contributed by atoms with Gasteiger partial charge in [-0.25, -0.2) is 0 Å². The van der Waals surface area contributed by atoms with Crippen molar-refractivity contribution >= 4 is 34.9 Å². The van der Waals surface area contributed by atoms with E-state index >= 15 is 0 Å². The Balaban J connectivity index is 1.90. The topological polar surface area (TPSA) is 42.2 Å². The van der Waals surface area contributed by atoms with Crippen LogP contribution in [0.15, 0.2) is 60.7 Å². The largest absolute Gasteiger partial charge is 0.493 e. The normalized spacial score (nSPS) is 11.1. The van der Waals surface area contributed by atoms with Crippen LogP contribution >= 0.6 is 23.2 Å². The van der Waals surface area contributed by atoms with Gasteiger partial charge in [0.15, 0.2) is 11.5 Å². The smallest absolute Gasteiger partial charge is 0.180 e. The van der Waals surface area contributed by atoms with E-state index in [0.29, 0.717) is 44.9 Å². The van der Waals surface area contributed by atoms with Crippen molar-refractivity contribution in [3.63, 3.8) is 0 Å². The maximum absolute atomic E-state index is 9.58. The minimum Gasteiger partial charge on any atom is -0.493 e. The lowest BCUT2D eigenvalue weighted by Crippen LogP contribution is -1.99. The molecule has 3 aromatic rings. The highest BCUT2D eigenvalue weighted by Gasteiger charge is 2.13. The molecule has 3 rings (SSSR count). The summed E-state index contributed by atoms with van der Waals surface area (Å²) in [5.74, 6) is 0.954. The lowest BCUT2D eigenvalue weighted by molar-refractivity contribution is 0.284. The van der Waals surface area contributed by atoms with Gasteiger partial charge < -0.3 is 9.47 Å². The van der Waals surface area contributed by atoms with E-state index in [9.17, 15) is 5.26 Å². The van der Waals surface area contributed by atoms with E-state index < -0.39 is 0 Å². The number of halogens is 2. The van der Waals surface area contributed by atoms with Crippen LogP contribution in [0.2, 0.25) is 10.0 Å². The van der Waals surface area contributed by atoms with Crippen molar-refractivity contribution in [2.24, 2.45) is 0 Å². The maximum Gasteiger partial charge on any atom is 0.180 e. The third-order valence-corrected chi connectivity index (χ3v) is 4.96. The van der Waals surface area contributed by atoms with Crippen molar-refractivity contribution in [3.05, 3.63) is 93.0 Å². The molecule has 0 aliphatic rings. The van der Waals surface area contributed by atoms with Crippen LogP contribution in [0, 0.1) is 18.3 Å². The highest BCUT2D eigenvalue weighted by Crippen LogP contribution is 2.38. The summed E-state index contributed by atoms with van der Waals surface area (Å²) in [5, 5.41) is 10.5. The van der Waals surface area contributed by atoms with Crippen molar-refractivity contribution in [2.75, 3.05) is 7.11 Å². The Morgan fingerprint density at radius 1 is 1.03 bits per heavy atom. The molecule has 146 valence electrons. The molecule has 0 spiro atoms. The van der Waals surface area contributed by atoms with Gasteiger partial charge in [0.1, 0.15) is 6.61 Å². The van der Waals surface area contributed by atoms with E-state index in [4.69, 9.17) is 32.7 Å². The fraction of sp³-hybridized carbons (Fsp3) is 0.125. The molecule has 0 amide bonds. The fourth-order valence-corrected chi connectivity index (χ4v) is 3.33. The van der Waals surface area contributed by atoms with Crippen LogP contribution in [0.5, 0.6) is 11.5 Å². The zero-order chi connectivity index (χ0) is 20.8. The fourth-order valence-electron chi connectivity index (χ4n) is 2.82. The SMILES string of the molecule is COc1cc(C=C(C#N)c2ccccc2Cl)cc(Cl)c1OCc1ccc(C)cc1. The van der Waals surface area contributed by atoms with Crippen LogP contribution in [-0.2, 0) is 6.61 Å². The van der Waals surface area contributed by atoms with Gasteiger partial charge in [-0.15, -0.1) is 0 Å². The first-order valence-electron chi connectivity index (χ1n) is 8.94. The Labute approximate surface area is 180 Å². The zero-order valence-corrected chi connectivity index (χ0v) is 17.6. The van der Waals surface area contributed by atoms with Crippen molar-refractivity contribution in [3.8, 4) is 17.6 Å². The summed E-state index contributed by atoms with van der Waals surface area (Å²) in [5.41, 5.74) is 4.02. The summed E-state index contributed by atoms with van der Waals surface area (Å²) in [6.07, 6.45) is 1.72. The molecule has 0 heterocycles. The third kappa shape index (κ3) is 5.12. The lowest BCUT2D eigenvalue weighted by Gasteiger charge is -2.14. The van der Waals surface area contributed by atoms with Gasteiger partial charge in [-0.05, 0) is 42.3 Å². The summed E-state index contributed by atoms with van der Waals surface area (Å²) in [7, 11) is 1.55. The van der Waals surface area contributed by atoms with Gasteiger partial charge in [-0.1, -0.05) is 71.2 Å². The van der Waals surface area contributed by atoms with Gasteiger partial charge in [0, 0.05) is 10.6 Å². The van der Waals surface area contributed by atoms with Crippen LogP contribution in [-0.4, -0.2) is 7.11 Å². The first-order chi connectivity index (χ1) is 14.0. The second-order valence-electron chi connectivity index (χ2n) is 6.46. The van der Waals surface area contributed by atoms with Gasteiger partial charge in [0.05, 0.1) is 23.8 Å². The summed E-state index contributed by atoms with van der Waals surface area (Å²) in [6, 6.07) is 21.0. The average Bonchev–Trinajstić information content (AvgIpc) is 2.72. The molecule has 0 bridgehead atoms. The number of aryl methyl sites for hydroxylation is 1. The summed E-state index contributed by atoms with van der Waals surface area (Å²) in [6.45, 7) is 2.41. The minimum atomic E-state index is 0.370. The van der Waals surface area contributed by atoms with E-state index in [1.54, 1.807) is 37.5 Å². The molecule has 0 saturated heterocycles. The van der Waals surface area contributed by atoms with E-state index in [1.165, 1.54) is 5.56 Å². The molecule has 0 aliphatic carbocycles. The molecule has 0 fully saturated rings. The van der Waals surface area contributed by atoms with Crippen molar-refractivity contribution in [1.82, 2.24) is 0 Å². The number of hydrogen-bond donors (Lipinski definition) is 0. The van der Waals surface area contributed by atoms with Gasteiger partial charge in [-0.2, -0.15) is 5.26 Å². The molecular formula is C24H19Cl2NO2. The predicted molar refractivity (Wildman–Crippen MR) is 118 cm³/mol. The summed E-state index contributed by atoms with van der Waals surface area (Å²) >= 11 is 12.7. The van der Waals surface area contributed by atoms with Crippen LogP contribution in [0.4, 0.5) is 0 Å². The first kappa shape index (κ1) is 20.8. The molecule has 5 heteroatoms. The van der Waals surface area contributed by atoms with Gasteiger partial charge in [0.25, 0.3) is 0 Å². The van der Waals surface area contributed by atoms with Crippen molar-refractivity contribution in [1.29, 1.82) is 5.26 Å². The van der Waals surface area contributed by atoms with Gasteiger partial charge in [-0.3, -0.25) is 0 Å². The molecule has 0 unspecified atom stereocenters. The Morgan fingerprint density at radius 2 is 1.76 bits per heavy atom. The molecule has 0 radical (unpaired) electrons. The van der Waals surface area contributed by atoms with E-state index in [-0.39, 0.29) is 0 Å². The zero-order valence-electron chi connectivity index (χ0n) is 16.1. The number of hydrogen-bond acceptors (Lipinski definition) is 3. The lowest BCUT2D eigenvalue weighted by atomic mass is 10.0. The first-order valence-corrected chi connectivity index (χ1v) is 9.70. The maximum atomic E-state index is 9.58. The molecule has 0 N–H and O–H groups in total. The second kappa shape index (κ2) is 9.52. The van der Waals surface area contributed by atoms with Crippen molar-refractivity contribution < 1.29 is 9.47 Å². The number of nitriles is 1. The Kier molecular flexibility index (Phi) is 6.82. The number of benzene rings is 3. The van der Waals surface area contributed by atoms with Crippen LogP contribution in [0.1, 0.15) is 22.3 Å². The quantitative estimate of drug-likeness (QED) is 0.318. The Morgan fingerprint density at radius 3 is 2.41 bits per heavy atom. The van der Waals surface area contributed by atoms with Crippen LogP contribution < -0.4 is 9.47 Å². The highest BCUT2D eigenvalue weighted by atomic mass is 35.5. The monoisotopic (exact) mass is 423 g/mol. The second-order valence-corrected chi connectivity index (χ2v) is 7.27. The molecule has 29 heavy (non-hydrogen) atoms. The number of ether oxygens (including phenoxy) is 2. The molecule has 0 saturated carbocycles. The molecular weight excluding hydrogens is 405 g/mol. The van der Waals surface area contributed by atoms with E-state index in [0.717, 1.165) is 5.56 Å². The number of methoxy groups -OCH3 is 1. The average molecular weight is 424 g/mol. The molecule has 0 aliphatic heterocycles. The standard InChI is InChI=1S/C24H19Cl2NO2/c1-16-7-9-17(10-8-16)15-29-24-22(26)12-18(13-23(24)28-2)11-19(14-27)20-5-3-4-6-21(20)25/h3-13H,15H2,1-2H3. The Bertz CT molecular complexity index is 1080. The third-order valence-electron chi connectivity index (χ3n) is 4.35. The number of allylic oxidation sites excluding steroid dienone is 1. The molecule has 3 aromatic carbocycles. The number of rotatable bonds is 6. The minimum absolute atomic E-state index is 0.370. The van der Waals surface area contributed by atoms with E-state index in [1.807, 2.05) is 43.3 Å².